The summed E-state index contributed by atoms with van der Waals surface area (Å²) in [7, 11) is 3.39. The maximum atomic E-state index is 11.4. The zero-order chi connectivity index (χ0) is 17.7. The van der Waals surface area contributed by atoms with Crippen molar-refractivity contribution in [2.75, 3.05) is 30.2 Å². The molecule has 1 aromatic carbocycles. The average molecular weight is 331 g/mol. The minimum absolute atomic E-state index is 0.0617. The lowest BCUT2D eigenvalue weighted by molar-refractivity contribution is -0.383. The van der Waals surface area contributed by atoms with Gasteiger partial charge in [-0.2, -0.15) is 0 Å². The van der Waals surface area contributed by atoms with Crippen LogP contribution in [0.25, 0.3) is 0 Å². The zero-order valence-electron chi connectivity index (χ0n) is 13.4. The van der Waals surface area contributed by atoms with Gasteiger partial charge >= 0.3 is 5.69 Å². The van der Waals surface area contributed by atoms with Gasteiger partial charge in [-0.3, -0.25) is 20.3 Å². The third-order valence-corrected chi connectivity index (χ3v) is 2.80. The molecule has 0 radical (unpaired) electrons. The summed E-state index contributed by atoms with van der Waals surface area (Å²) in [6, 6.07) is 6.71. The van der Waals surface area contributed by atoms with E-state index >= 15 is 0 Å². The summed E-state index contributed by atoms with van der Waals surface area (Å²) >= 11 is 0. The van der Waals surface area contributed by atoms with Gasteiger partial charge in [-0.05, 0) is 24.3 Å². The van der Waals surface area contributed by atoms with Crippen LogP contribution in [0.1, 0.15) is 6.92 Å². The Morgan fingerprint density at radius 3 is 2.25 bits per heavy atom. The van der Waals surface area contributed by atoms with Gasteiger partial charge in [0.15, 0.2) is 0 Å². The monoisotopic (exact) mass is 331 g/mol. The molecule has 0 spiro atoms. The van der Waals surface area contributed by atoms with E-state index < -0.39 is 4.92 Å². The Balaban J connectivity index is 2.28. The van der Waals surface area contributed by atoms with E-state index in [-0.39, 0.29) is 23.2 Å². The number of anilines is 4. The Hall–Kier alpha value is -3.27. The lowest BCUT2D eigenvalue weighted by atomic mass is 10.2. The van der Waals surface area contributed by atoms with Crippen LogP contribution in [0.2, 0.25) is 0 Å². The number of nitrogens with zero attached hydrogens (tertiary/aromatic N) is 4. The van der Waals surface area contributed by atoms with Gasteiger partial charge < -0.3 is 10.6 Å². The van der Waals surface area contributed by atoms with Crippen molar-refractivity contribution >= 4 is 34.6 Å². The first-order chi connectivity index (χ1) is 11.4. The fourth-order valence-corrected chi connectivity index (χ4v) is 1.91. The number of aromatic nitrogens is 2. The van der Waals surface area contributed by atoms with Crippen LogP contribution in [0.3, 0.4) is 0 Å². The first kappa shape index (κ1) is 17.1. The molecule has 0 atom stereocenters. The smallest absolute Gasteiger partial charge is 0.334 e. The van der Waals surface area contributed by atoms with E-state index in [1.165, 1.54) is 13.3 Å². The van der Waals surface area contributed by atoms with Crippen molar-refractivity contribution in [3.05, 3.63) is 40.7 Å². The number of benzene rings is 1. The van der Waals surface area contributed by atoms with Crippen LogP contribution in [0.15, 0.2) is 30.6 Å². The van der Waals surface area contributed by atoms with Gasteiger partial charge in [-0.1, -0.05) is 0 Å². The van der Waals surface area contributed by atoms with Crippen LogP contribution in [-0.2, 0) is 4.79 Å². The number of nitro groups is 1. The largest absolute Gasteiger partial charge is 0.354 e. The van der Waals surface area contributed by atoms with Crippen molar-refractivity contribution in [3.63, 3.8) is 0 Å². The molecule has 1 heterocycles. The Kier molecular flexibility index (Phi) is 5.22. The van der Waals surface area contributed by atoms with Crippen molar-refractivity contribution in [1.82, 2.24) is 15.0 Å². The third-order valence-electron chi connectivity index (χ3n) is 2.80. The highest BCUT2D eigenvalue weighted by atomic mass is 16.6. The zero-order valence-corrected chi connectivity index (χ0v) is 13.4. The van der Waals surface area contributed by atoms with E-state index in [2.05, 4.69) is 26.0 Å². The van der Waals surface area contributed by atoms with Gasteiger partial charge in [-0.25, -0.2) is 15.0 Å². The van der Waals surface area contributed by atoms with Gasteiger partial charge in [0, 0.05) is 32.4 Å². The molecule has 10 nitrogen and oxygen atoms in total. The van der Waals surface area contributed by atoms with Crippen LogP contribution >= 0.6 is 0 Å². The quantitative estimate of drug-likeness (QED) is 0.542. The Labute approximate surface area is 138 Å². The normalized spacial score (nSPS) is 10.3. The van der Waals surface area contributed by atoms with Gasteiger partial charge in [0.05, 0.1) is 4.92 Å². The first-order valence-electron chi connectivity index (χ1n) is 6.95. The lowest BCUT2D eigenvalue weighted by Gasteiger charge is -2.14. The number of hydrogen-bond donors (Lipinski definition) is 3. The molecule has 2 rings (SSSR count). The summed E-state index contributed by atoms with van der Waals surface area (Å²) in [6.45, 7) is 1.41. The first-order valence-corrected chi connectivity index (χ1v) is 6.95. The molecule has 2 aromatic rings. The number of nitrogens with one attached hydrogen (secondary N) is 3. The molecule has 0 bridgehead atoms. The summed E-state index contributed by atoms with van der Waals surface area (Å²) in [5.74, 6) is -0.0365. The summed E-state index contributed by atoms with van der Waals surface area (Å²) in [6.07, 6.45) is 1.23. The highest BCUT2D eigenvalue weighted by molar-refractivity contribution is 5.89. The highest BCUT2D eigenvalue weighted by Crippen LogP contribution is 2.31. The van der Waals surface area contributed by atoms with E-state index in [1.54, 1.807) is 43.4 Å². The van der Waals surface area contributed by atoms with Crippen LogP contribution in [0.4, 0.5) is 28.7 Å². The van der Waals surface area contributed by atoms with E-state index in [9.17, 15) is 14.9 Å². The molecule has 0 saturated carbocycles. The minimum Gasteiger partial charge on any atom is -0.334 e. The maximum absolute atomic E-state index is 11.4. The summed E-state index contributed by atoms with van der Waals surface area (Å²) in [5.41, 5.74) is 3.71. The predicted molar refractivity (Wildman–Crippen MR) is 90.0 cm³/mol. The predicted octanol–water partition coefficient (Wildman–Crippen LogP) is 1.98. The van der Waals surface area contributed by atoms with Crippen molar-refractivity contribution < 1.29 is 9.72 Å². The van der Waals surface area contributed by atoms with E-state index in [4.69, 9.17) is 0 Å². The molecule has 0 aliphatic rings. The van der Waals surface area contributed by atoms with Crippen LogP contribution in [-0.4, -0.2) is 39.9 Å². The molecule has 24 heavy (non-hydrogen) atoms. The molecule has 1 amide bonds. The molecule has 0 aliphatic heterocycles. The maximum Gasteiger partial charge on any atom is 0.354 e. The molecule has 0 aliphatic carbocycles. The fraction of sp³-hybridized carbons (Fsp3) is 0.214. The molecule has 126 valence electrons. The van der Waals surface area contributed by atoms with E-state index in [1.807, 2.05) is 0 Å². The topological polar surface area (TPSA) is 125 Å². The van der Waals surface area contributed by atoms with E-state index in [0.717, 1.165) is 0 Å². The Bertz CT molecular complexity index is 747. The summed E-state index contributed by atoms with van der Waals surface area (Å²) in [4.78, 5) is 29.7. The van der Waals surface area contributed by atoms with Crippen molar-refractivity contribution in [2.45, 2.75) is 6.92 Å². The Morgan fingerprint density at radius 2 is 1.71 bits per heavy atom. The molecular formula is C14H17N7O3. The molecule has 1 aromatic heterocycles. The lowest BCUT2D eigenvalue weighted by Crippen LogP contribution is -2.21. The van der Waals surface area contributed by atoms with Crippen molar-refractivity contribution in [3.8, 4) is 0 Å². The van der Waals surface area contributed by atoms with Crippen LogP contribution in [0.5, 0.6) is 0 Å². The number of hydrogen-bond acceptors (Lipinski definition) is 8. The molecule has 10 heteroatoms. The number of amides is 1. The molecule has 3 N–H and O–H groups in total. The average Bonchev–Trinajstić information content (AvgIpc) is 2.48. The highest BCUT2D eigenvalue weighted by Gasteiger charge is 2.23. The number of rotatable bonds is 6. The second-order valence-corrected chi connectivity index (χ2v) is 5.07. The van der Waals surface area contributed by atoms with Crippen molar-refractivity contribution in [1.29, 1.82) is 0 Å². The van der Waals surface area contributed by atoms with Gasteiger partial charge in [0.25, 0.3) is 0 Å². The molecule has 0 saturated heterocycles. The minimum atomic E-state index is -0.556. The molecule has 0 unspecified atom stereocenters. The van der Waals surface area contributed by atoms with Gasteiger partial charge in [-0.15, -0.1) is 0 Å². The van der Waals surface area contributed by atoms with Crippen LogP contribution < -0.4 is 16.1 Å². The molecule has 0 fully saturated rings. The number of carbonyl (C=O) groups is 1. The Morgan fingerprint density at radius 1 is 1.12 bits per heavy atom. The van der Waals surface area contributed by atoms with Crippen LogP contribution in [0, 0.1) is 10.1 Å². The summed E-state index contributed by atoms with van der Waals surface area (Å²) < 4.78 is 0. The molecular weight excluding hydrogens is 314 g/mol. The summed E-state index contributed by atoms with van der Waals surface area (Å²) in [5, 5.41) is 18.4. The second kappa shape index (κ2) is 7.33. The third kappa shape index (κ3) is 4.36. The fourth-order valence-electron chi connectivity index (χ4n) is 1.91. The number of carbonyl (C=O) groups excluding carboxylic acids is 1. The second-order valence-electron chi connectivity index (χ2n) is 5.07. The van der Waals surface area contributed by atoms with Crippen molar-refractivity contribution in [2.24, 2.45) is 0 Å². The standard InChI is InChI=1S/C14H17N7O3/c1-9(22)17-10-4-6-11(7-5-10)18-13-12(21(23)24)14(16-8-15-13)19-20(2)3/h4-8H,1-3H3,(H,17,22)(H2,15,16,18,19). The van der Waals surface area contributed by atoms with E-state index in [0.29, 0.717) is 11.4 Å². The number of hydrazine groups is 1. The van der Waals surface area contributed by atoms with Gasteiger partial charge in [0.2, 0.25) is 17.5 Å². The van der Waals surface area contributed by atoms with Gasteiger partial charge in [0.1, 0.15) is 6.33 Å². The SMILES string of the molecule is CC(=O)Nc1ccc(Nc2ncnc(NN(C)C)c2[N+](=O)[O-])cc1.